The van der Waals surface area contributed by atoms with E-state index < -0.39 is 8.80 Å². The number of thiol groups is 1. The zero-order valence-electron chi connectivity index (χ0n) is 20.0. The summed E-state index contributed by atoms with van der Waals surface area (Å²) >= 11 is 4.27. The lowest BCUT2D eigenvalue weighted by Gasteiger charge is -2.28. The molecule has 0 aliphatic heterocycles. The molecule has 0 rings (SSSR count). The van der Waals surface area contributed by atoms with E-state index in [0.29, 0.717) is 19.8 Å². The molecule has 0 aliphatic carbocycles. The first kappa shape index (κ1) is 29.4. The molecule has 176 valence electrons. The maximum atomic E-state index is 5.93. The van der Waals surface area contributed by atoms with Crippen LogP contribution in [0, 0.1) is 0 Å². The van der Waals surface area contributed by atoms with E-state index in [0.717, 1.165) is 11.8 Å². The van der Waals surface area contributed by atoms with Gasteiger partial charge >= 0.3 is 8.80 Å². The van der Waals surface area contributed by atoms with Crippen LogP contribution >= 0.6 is 12.6 Å². The molecule has 0 aromatic carbocycles. The molecule has 0 aliphatic rings. The van der Waals surface area contributed by atoms with Crippen LogP contribution in [0.25, 0.3) is 0 Å². The Morgan fingerprint density at radius 2 is 0.724 bits per heavy atom. The average Bonchev–Trinajstić information content (AvgIpc) is 2.71. The van der Waals surface area contributed by atoms with Crippen molar-refractivity contribution in [2.45, 2.75) is 130 Å². The highest BCUT2D eigenvalue weighted by Crippen LogP contribution is 2.21. The summed E-state index contributed by atoms with van der Waals surface area (Å²) in [5.41, 5.74) is 0. The summed E-state index contributed by atoms with van der Waals surface area (Å²) in [7, 11) is -2.41. The zero-order valence-corrected chi connectivity index (χ0v) is 21.9. The van der Waals surface area contributed by atoms with Gasteiger partial charge in [0, 0.05) is 25.9 Å². The fraction of sp³-hybridized carbons (Fsp3) is 1.00. The number of unbranched alkanes of at least 4 members (excludes halogenated alkanes) is 15. The van der Waals surface area contributed by atoms with Gasteiger partial charge in [-0.15, -0.1) is 0 Å². The van der Waals surface area contributed by atoms with Gasteiger partial charge in [-0.05, 0) is 39.4 Å². The van der Waals surface area contributed by atoms with Crippen LogP contribution in [-0.2, 0) is 13.3 Å². The van der Waals surface area contributed by atoms with Crippen LogP contribution in [0.4, 0.5) is 0 Å². The van der Waals surface area contributed by atoms with Crippen LogP contribution in [0.15, 0.2) is 0 Å². The fourth-order valence-corrected chi connectivity index (χ4v) is 6.84. The molecule has 0 unspecified atom stereocenters. The summed E-state index contributed by atoms with van der Waals surface area (Å²) in [6.07, 6.45) is 22.1. The molecule has 5 heteroatoms. The second kappa shape index (κ2) is 23.1. The van der Waals surface area contributed by atoms with Crippen LogP contribution < -0.4 is 0 Å². The summed E-state index contributed by atoms with van der Waals surface area (Å²) in [4.78, 5) is 0. The lowest BCUT2D eigenvalue weighted by atomic mass is 10.0. The van der Waals surface area contributed by atoms with Crippen LogP contribution in [0.3, 0.4) is 0 Å². The first-order valence-corrected chi connectivity index (χ1v) is 15.3. The molecule has 0 atom stereocenters. The van der Waals surface area contributed by atoms with Crippen molar-refractivity contribution in [2.24, 2.45) is 0 Å². The minimum atomic E-state index is -2.41. The van der Waals surface area contributed by atoms with Crippen LogP contribution in [-0.4, -0.2) is 34.4 Å². The Morgan fingerprint density at radius 3 is 1.00 bits per heavy atom. The molecule has 0 heterocycles. The van der Waals surface area contributed by atoms with Gasteiger partial charge < -0.3 is 13.3 Å². The fourth-order valence-electron chi connectivity index (χ4n) is 3.93. The van der Waals surface area contributed by atoms with Gasteiger partial charge in [0.05, 0.1) is 0 Å². The summed E-state index contributed by atoms with van der Waals surface area (Å²) in [5.74, 6) is 1.05. The molecule has 0 bridgehead atoms. The molecule has 0 aromatic heterocycles. The predicted molar refractivity (Wildman–Crippen MR) is 133 cm³/mol. The largest absolute Gasteiger partial charge is 0.500 e. The van der Waals surface area contributed by atoms with Gasteiger partial charge in [-0.25, -0.2) is 0 Å². The van der Waals surface area contributed by atoms with Crippen molar-refractivity contribution in [3.8, 4) is 0 Å². The molecule has 0 saturated carbocycles. The van der Waals surface area contributed by atoms with Crippen molar-refractivity contribution >= 4 is 21.4 Å². The summed E-state index contributed by atoms with van der Waals surface area (Å²) < 4.78 is 17.8. The topological polar surface area (TPSA) is 27.7 Å². The van der Waals surface area contributed by atoms with Gasteiger partial charge in [0.25, 0.3) is 0 Å². The molecular formula is C24H52O3SSi. The summed E-state index contributed by atoms with van der Waals surface area (Å²) in [6.45, 7) is 8.15. The van der Waals surface area contributed by atoms with E-state index in [9.17, 15) is 0 Å². The Labute approximate surface area is 189 Å². The first-order chi connectivity index (χ1) is 14.2. The third kappa shape index (κ3) is 18.9. The normalized spacial score (nSPS) is 12.0. The third-order valence-electron chi connectivity index (χ3n) is 5.48. The van der Waals surface area contributed by atoms with Crippen molar-refractivity contribution in [1.82, 2.24) is 0 Å². The van der Waals surface area contributed by atoms with E-state index in [1.165, 1.54) is 103 Å². The molecule has 3 nitrogen and oxygen atoms in total. The number of hydrogen-bond donors (Lipinski definition) is 1. The monoisotopic (exact) mass is 448 g/mol. The molecule has 0 aromatic rings. The van der Waals surface area contributed by atoms with Gasteiger partial charge in [-0.1, -0.05) is 89.9 Å². The highest BCUT2D eigenvalue weighted by Gasteiger charge is 2.39. The number of rotatable bonds is 24. The van der Waals surface area contributed by atoms with E-state index >= 15 is 0 Å². The molecule has 0 radical (unpaired) electrons. The SMILES string of the molecule is CCO[Si](CCCCCCCCCCCCCCCCCCS)(OCC)OCC. The van der Waals surface area contributed by atoms with Crippen molar-refractivity contribution < 1.29 is 13.3 Å². The van der Waals surface area contributed by atoms with Crippen molar-refractivity contribution in [3.63, 3.8) is 0 Å². The first-order valence-electron chi connectivity index (χ1n) is 12.8. The van der Waals surface area contributed by atoms with Gasteiger partial charge in [-0.3, -0.25) is 0 Å². The summed E-state index contributed by atoms with van der Waals surface area (Å²) in [5, 5.41) is 0. The lowest BCUT2D eigenvalue weighted by molar-refractivity contribution is 0.0706. The molecule has 29 heavy (non-hydrogen) atoms. The highest BCUT2D eigenvalue weighted by atomic mass is 32.1. The van der Waals surface area contributed by atoms with E-state index in [4.69, 9.17) is 13.3 Å². The number of hydrogen-bond acceptors (Lipinski definition) is 4. The van der Waals surface area contributed by atoms with E-state index in [1.807, 2.05) is 20.8 Å². The van der Waals surface area contributed by atoms with Gasteiger partial charge in [0.2, 0.25) is 0 Å². The zero-order chi connectivity index (χ0) is 21.5. The maximum absolute atomic E-state index is 5.93. The Balaban J connectivity index is 3.43. The van der Waals surface area contributed by atoms with Crippen LogP contribution in [0.5, 0.6) is 0 Å². The third-order valence-corrected chi connectivity index (χ3v) is 8.95. The second-order valence-corrected chi connectivity index (χ2v) is 11.3. The minimum Gasteiger partial charge on any atom is -0.374 e. The standard InChI is InChI=1S/C24H52O3SSi/c1-4-25-29(26-5-2,27-6-3)24-22-20-18-16-14-12-10-8-7-9-11-13-15-17-19-21-23-28/h28H,4-24H2,1-3H3. The molecule has 0 N–H and O–H groups in total. The Bertz CT molecular complexity index is 301. The Hall–Kier alpha value is 0.447. The molecule has 0 spiro atoms. The minimum absolute atomic E-state index is 0.683. The van der Waals surface area contributed by atoms with E-state index in [2.05, 4.69) is 12.6 Å². The predicted octanol–water partition coefficient (Wildman–Crippen LogP) is 8.21. The van der Waals surface area contributed by atoms with Gasteiger partial charge in [0.15, 0.2) is 0 Å². The summed E-state index contributed by atoms with van der Waals surface area (Å²) in [6, 6.07) is 0.970. The van der Waals surface area contributed by atoms with Crippen molar-refractivity contribution in [2.75, 3.05) is 25.6 Å². The smallest absolute Gasteiger partial charge is 0.374 e. The lowest BCUT2D eigenvalue weighted by Crippen LogP contribution is -2.45. The quantitative estimate of drug-likeness (QED) is 0.0915. The van der Waals surface area contributed by atoms with E-state index in [-0.39, 0.29) is 0 Å². The van der Waals surface area contributed by atoms with E-state index in [1.54, 1.807) is 0 Å². The Kier molecular flexibility index (Phi) is 23.5. The Morgan fingerprint density at radius 1 is 0.448 bits per heavy atom. The van der Waals surface area contributed by atoms with Crippen molar-refractivity contribution in [3.05, 3.63) is 0 Å². The molecule has 0 amide bonds. The van der Waals surface area contributed by atoms with Crippen molar-refractivity contribution in [1.29, 1.82) is 0 Å². The molecule has 0 saturated heterocycles. The van der Waals surface area contributed by atoms with Gasteiger partial charge in [-0.2, -0.15) is 12.6 Å². The molecular weight excluding hydrogens is 396 g/mol. The average molecular weight is 449 g/mol. The molecule has 0 fully saturated rings. The highest BCUT2D eigenvalue weighted by molar-refractivity contribution is 7.80. The maximum Gasteiger partial charge on any atom is 0.500 e. The van der Waals surface area contributed by atoms with Gasteiger partial charge in [0.1, 0.15) is 0 Å². The van der Waals surface area contributed by atoms with Crippen LogP contribution in [0.2, 0.25) is 6.04 Å². The van der Waals surface area contributed by atoms with Crippen LogP contribution in [0.1, 0.15) is 124 Å². The second-order valence-electron chi connectivity index (χ2n) is 8.11.